The summed E-state index contributed by atoms with van der Waals surface area (Å²) < 4.78 is 5.29. The lowest BCUT2D eigenvalue weighted by molar-refractivity contribution is 0.262. The van der Waals surface area contributed by atoms with Gasteiger partial charge in [0.05, 0.1) is 5.56 Å². The van der Waals surface area contributed by atoms with Crippen molar-refractivity contribution in [3.63, 3.8) is 0 Å². The number of nitrogens with two attached hydrogens (primary N) is 1. The summed E-state index contributed by atoms with van der Waals surface area (Å²) in [4.78, 5) is 20.7. The molecule has 2 heterocycles. The lowest BCUT2D eigenvalue weighted by Crippen LogP contribution is -2.19. The minimum Gasteiger partial charge on any atom is -0.369 e. The van der Waals surface area contributed by atoms with Crippen molar-refractivity contribution in [3.05, 3.63) is 59.7 Å². The highest BCUT2D eigenvalue weighted by atomic mass is 16.5. The number of anilines is 3. The molecule has 3 rings (SSSR count). The molecule has 0 saturated heterocycles. The van der Waals surface area contributed by atoms with Crippen LogP contribution in [0.1, 0.15) is 50.5 Å². The van der Waals surface area contributed by atoms with Gasteiger partial charge in [0.15, 0.2) is 5.82 Å². The normalized spacial score (nSPS) is 10.8. The number of rotatable bonds is 7. The van der Waals surface area contributed by atoms with E-state index in [1.807, 2.05) is 32.9 Å². The van der Waals surface area contributed by atoms with E-state index in [1.165, 1.54) is 6.33 Å². The summed E-state index contributed by atoms with van der Waals surface area (Å²) in [6, 6.07) is 8.54. The molecular formula is C24H29N7O2. The van der Waals surface area contributed by atoms with Crippen molar-refractivity contribution in [3.8, 4) is 11.8 Å². The minimum absolute atomic E-state index is 0.194. The van der Waals surface area contributed by atoms with E-state index in [9.17, 15) is 4.79 Å². The molecule has 0 spiro atoms. The van der Waals surface area contributed by atoms with Crippen molar-refractivity contribution < 1.29 is 9.32 Å². The van der Waals surface area contributed by atoms with E-state index in [1.54, 1.807) is 24.4 Å². The minimum atomic E-state index is -0.422. The summed E-state index contributed by atoms with van der Waals surface area (Å²) in [5.41, 5.74) is 7.37. The van der Waals surface area contributed by atoms with E-state index in [0.717, 1.165) is 24.9 Å². The number of nitrogens with zero attached hydrogens (tertiary/aromatic N) is 3. The largest absolute Gasteiger partial charge is 0.369 e. The van der Waals surface area contributed by atoms with Crippen LogP contribution in [-0.4, -0.2) is 34.2 Å². The zero-order valence-electron chi connectivity index (χ0n) is 19.1. The van der Waals surface area contributed by atoms with E-state index >= 15 is 0 Å². The highest BCUT2D eigenvalue weighted by molar-refractivity contribution is 5.99. The fraction of sp³-hybridized carbons (Fsp3) is 0.333. The summed E-state index contributed by atoms with van der Waals surface area (Å²) in [5.74, 6) is 7.92. The SMILES string of the molecule is CC(C)(C)c1cc(NC(=O)Nc2cccc(C#Cc3cncnc3NCCCCN)c2)no1. The lowest BCUT2D eigenvalue weighted by Gasteiger charge is -2.12. The Morgan fingerprint density at radius 1 is 1.15 bits per heavy atom. The molecule has 0 unspecified atom stereocenters. The van der Waals surface area contributed by atoms with E-state index in [4.69, 9.17) is 10.3 Å². The fourth-order valence-corrected chi connectivity index (χ4v) is 2.82. The Kier molecular flexibility index (Phi) is 8.00. The topological polar surface area (TPSA) is 131 Å². The maximum Gasteiger partial charge on any atom is 0.324 e. The van der Waals surface area contributed by atoms with Gasteiger partial charge in [-0.1, -0.05) is 43.8 Å². The molecule has 9 nitrogen and oxygen atoms in total. The fourth-order valence-electron chi connectivity index (χ4n) is 2.82. The summed E-state index contributed by atoms with van der Waals surface area (Å²) in [6.45, 7) is 7.45. The van der Waals surface area contributed by atoms with Gasteiger partial charge in [0.1, 0.15) is 17.9 Å². The molecule has 2 aromatic heterocycles. The lowest BCUT2D eigenvalue weighted by atomic mass is 9.93. The summed E-state index contributed by atoms with van der Waals surface area (Å²) in [7, 11) is 0. The van der Waals surface area contributed by atoms with Crippen molar-refractivity contribution in [2.75, 3.05) is 29.0 Å². The van der Waals surface area contributed by atoms with Crippen LogP contribution in [0.25, 0.3) is 0 Å². The second-order valence-electron chi connectivity index (χ2n) is 8.44. The molecule has 2 amide bonds. The van der Waals surface area contributed by atoms with Crippen molar-refractivity contribution >= 4 is 23.4 Å². The Morgan fingerprint density at radius 3 is 2.76 bits per heavy atom. The van der Waals surface area contributed by atoms with Gasteiger partial charge >= 0.3 is 6.03 Å². The van der Waals surface area contributed by atoms with E-state index in [2.05, 4.69) is 42.9 Å². The molecule has 33 heavy (non-hydrogen) atoms. The number of nitrogens with one attached hydrogen (secondary N) is 3. The molecule has 1 aromatic carbocycles. The van der Waals surface area contributed by atoms with Crippen molar-refractivity contribution in [1.82, 2.24) is 15.1 Å². The molecule has 3 aromatic rings. The Hall–Kier alpha value is -3.90. The first kappa shape index (κ1) is 23.8. The Bertz CT molecular complexity index is 1140. The maximum absolute atomic E-state index is 12.4. The monoisotopic (exact) mass is 447 g/mol. The van der Waals surface area contributed by atoms with Crippen molar-refractivity contribution in [2.45, 2.75) is 39.0 Å². The molecule has 9 heteroatoms. The number of aromatic nitrogens is 3. The highest BCUT2D eigenvalue weighted by Crippen LogP contribution is 2.24. The third-order valence-electron chi connectivity index (χ3n) is 4.59. The molecule has 0 saturated carbocycles. The average molecular weight is 448 g/mol. The number of carbonyl (C=O) groups is 1. The highest BCUT2D eigenvalue weighted by Gasteiger charge is 2.20. The van der Waals surface area contributed by atoms with Crippen LogP contribution in [0.2, 0.25) is 0 Å². The van der Waals surface area contributed by atoms with Gasteiger partial charge in [0.2, 0.25) is 0 Å². The summed E-state index contributed by atoms with van der Waals surface area (Å²) >= 11 is 0. The zero-order chi connectivity index (χ0) is 23.7. The average Bonchev–Trinajstić information content (AvgIpc) is 3.25. The van der Waals surface area contributed by atoms with Crippen LogP contribution in [0, 0.1) is 11.8 Å². The number of hydrogen-bond donors (Lipinski definition) is 4. The molecule has 172 valence electrons. The van der Waals surface area contributed by atoms with Gasteiger partial charge in [-0.15, -0.1) is 0 Å². The van der Waals surface area contributed by atoms with Crippen LogP contribution in [0.15, 0.2) is 47.4 Å². The van der Waals surface area contributed by atoms with Crippen LogP contribution in [0.3, 0.4) is 0 Å². The smallest absolute Gasteiger partial charge is 0.324 e. The van der Waals surface area contributed by atoms with E-state index in [-0.39, 0.29) is 5.41 Å². The van der Waals surface area contributed by atoms with Crippen LogP contribution < -0.4 is 21.7 Å². The van der Waals surface area contributed by atoms with Gasteiger partial charge in [-0.3, -0.25) is 5.32 Å². The molecule has 0 aliphatic rings. The van der Waals surface area contributed by atoms with Crippen molar-refractivity contribution in [1.29, 1.82) is 0 Å². The molecule has 0 aliphatic heterocycles. The van der Waals surface area contributed by atoms with E-state index in [0.29, 0.717) is 35.2 Å². The third-order valence-corrected chi connectivity index (χ3v) is 4.59. The standard InChI is InChI=1S/C24H29N7O2/c1-24(2,3)20-14-21(31-33-20)30-23(32)29-19-8-6-7-17(13-19)9-10-18-15-26-16-28-22(18)27-12-5-4-11-25/h6-8,13-16H,4-5,11-12,25H2,1-3H3,(H,26,27,28)(H2,29,30,31,32). The van der Waals surface area contributed by atoms with Gasteiger partial charge in [0.25, 0.3) is 0 Å². The predicted molar refractivity (Wildman–Crippen MR) is 129 cm³/mol. The first-order valence-corrected chi connectivity index (χ1v) is 10.8. The number of hydrogen-bond acceptors (Lipinski definition) is 7. The van der Waals surface area contributed by atoms with Crippen LogP contribution in [-0.2, 0) is 5.41 Å². The molecule has 0 aliphatic carbocycles. The predicted octanol–water partition coefficient (Wildman–Crippen LogP) is 3.96. The molecule has 0 bridgehead atoms. The second kappa shape index (κ2) is 11.1. The van der Waals surface area contributed by atoms with Gasteiger partial charge in [-0.05, 0) is 37.6 Å². The molecule has 0 atom stereocenters. The third kappa shape index (κ3) is 7.33. The first-order valence-electron chi connectivity index (χ1n) is 10.8. The molecular weight excluding hydrogens is 418 g/mol. The van der Waals surface area contributed by atoms with E-state index < -0.39 is 6.03 Å². The number of amides is 2. The van der Waals surface area contributed by atoms with Gasteiger partial charge in [0, 0.05) is 35.5 Å². The Balaban J connectivity index is 1.64. The maximum atomic E-state index is 12.4. The second-order valence-corrected chi connectivity index (χ2v) is 8.44. The number of unbranched alkanes of at least 4 members (excludes halogenated alkanes) is 1. The zero-order valence-corrected chi connectivity index (χ0v) is 19.1. The van der Waals surface area contributed by atoms with Gasteiger partial charge < -0.3 is 20.9 Å². The Labute approximate surface area is 193 Å². The number of carbonyl (C=O) groups excluding carboxylic acids is 1. The molecule has 5 N–H and O–H groups in total. The first-order chi connectivity index (χ1) is 15.8. The number of benzene rings is 1. The quantitative estimate of drug-likeness (QED) is 0.318. The van der Waals surface area contributed by atoms with Crippen LogP contribution >= 0.6 is 0 Å². The van der Waals surface area contributed by atoms with Crippen LogP contribution in [0.4, 0.5) is 22.1 Å². The van der Waals surface area contributed by atoms with Gasteiger partial charge in [-0.2, -0.15) is 0 Å². The number of urea groups is 1. The van der Waals surface area contributed by atoms with Crippen molar-refractivity contribution in [2.24, 2.45) is 5.73 Å². The summed E-state index contributed by atoms with van der Waals surface area (Å²) in [6.07, 6.45) is 5.05. The van der Waals surface area contributed by atoms with Crippen LogP contribution in [0.5, 0.6) is 0 Å². The molecule has 0 radical (unpaired) electrons. The van der Waals surface area contributed by atoms with Gasteiger partial charge in [-0.25, -0.2) is 14.8 Å². The Morgan fingerprint density at radius 2 is 2.00 bits per heavy atom. The molecule has 0 fully saturated rings. The summed E-state index contributed by atoms with van der Waals surface area (Å²) in [5, 5.41) is 12.6.